The SMILES string of the molecule is C=CC[C@@H]1CCC[C@@H](C[C@@H](CCC)OCc2ccccc2)N1Cc1ccccc1. The standard InChI is InChI=1S/C27H37NO/c1-3-12-25-18-11-19-26(28(25)21-23-14-7-5-8-15-23)20-27(13-4-2)29-22-24-16-9-6-10-17-24/h3,5-10,14-17,25-27H,1,4,11-13,18-22H2,2H3/t25-,26+,27-/m1/s1. The van der Waals surface area contributed by atoms with Crippen molar-refractivity contribution in [2.24, 2.45) is 0 Å². The van der Waals surface area contributed by atoms with Gasteiger partial charge in [-0.15, -0.1) is 6.58 Å². The fourth-order valence-electron chi connectivity index (χ4n) is 4.65. The zero-order valence-corrected chi connectivity index (χ0v) is 18.0. The van der Waals surface area contributed by atoms with Gasteiger partial charge in [-0.1, -0.05) is 86.5 Å². The zero-order chi connectivity index (χ0) is 20.3. The third kappa shape index (κ3) is 6.83. The molecule has 0 bridgehead atoms. The van der Waals surface area contributed by atoms with E-state index in [-0.39, 0.29) is 0 Å². The highest BCUT2D eigenvalue weighted by Gasteiger charge is 2.31. The highest BCUT2D eigenvalue weighted by atomic mass is 16.5. The molecule has 1 fully saturated rings. The molecule has 3 atom stereocenters. The molecule has 0 unspecified atom stereocenters. The van der Waals surface area contributed by atoms with E-state index in [1.54, 1.807) is 0 Å². The van der Waals surface area contributed by atoms with Crippen LogP contribution in [0.4, 0.5) is 0 Å². The van der Waals surface area contributed by atoms with E-state index in [9.17, 15) is 0 Å². The van der Waals surface area contributed by atoms with Gasteiger partial charge in [0.1, 0.15) is 0 Å². The van der Waals surface area contributed by atoms with Gasteiger partial charge in [-0.05, 0) is 43.2 Å². The van der Waals surface area contributed by atoms with Crippen LogP contribution in [-0.2, 0) is 17.9 Å². The minimum Gasteiger partial charge on any atom is -0.373 e. The van der Waals surface area contributed by atoms with E-state index < -0.39 is 0 Å². The summed E-state index contributed by atoms with van der Waals surface area (Å²) in [5.74, 6) is 0. The first kappa shape index (κ1) is 21.8. The average molecular weight is 392 g/mol. The van der Waals surface area contributed by atoms with Crippen LogP contribution in [0, 0.1) is 0 Å². The van der Waals surface area contributed by atoms with Crippen LogP contribution in [0.15, 0.2) is 73.3 Å². The molecule has 2 nitrogen and oxygen atoms in total. The second-order valence-corrected chi connectivity index (χ2v) is 8.36. The zero-order valence-electron chi connectivity index (χ0n) is 18.0. The van der Waals surface area contributed by atoms with Gasteiger partial charge in [-0.2, -0.15) is 0 Å². The van der Waals surface area contributed by atoms with Crippen molar-refractivity contribution >= 4 is 0 Å². The highest BCUT2D eigenvalue weighted by molar-refractivity contribution is 5.15. The monoisotopic (exact) mass is 391 g/mol. The van der Waals surface area contributed by atoms with Crippen molar-refractivity contribution in [2.75, 3.05) is 0 Å². The Labute approximate surface area is 177 Å². The van der Waals surface area contributed by atoms with Crippen LogP contribution in [0.3, 0.4) is 0 Å². The maximum Gasteiger partial charge on any atom is 0.0720 e. The number of ether oxygens (including phenoxy) is 1. The fourth-order valence-corrected chi connectivity index (χ4v) is 4.65. The van der Waals surface area contributed by atoms with Gasteiger partial charge < -0.3 is 4.74 Å². The van der Waals surface area contributed by atoms with Gasteiger partial charge in [-0.25, -0.2) is 0 Å². The number of hydrogen-bond donors (Lipinski definition) is 0. The molecule has 0 spiro atoms. The van der Waals surface area contributed by atoms with Gasteiger partial charge in [0.15, 0.2) is 0 Å². The van der Waals surface area contributed by atoms with Crippen LogP contribution in [-0.4, -0.2) is 23.1 Å². The molecule has 29 heavy (non-hydrogen) atoms. The molecule has 0 aromatic heterocycles. The fraction of sp³-hybridized carbons (Fsp3) is 0.481. The lowest BCUT2D eigenvalue weighted by Crippen LogP contribution is -2.47. The summed E-state index contributed by atoms with van der Waals surface area (Å²) < 4.78 is 6.42. The summed E-state index contributed by atoms with van der Waals surface area (Å²) in [6.07, 6.45) is 10.8. The van der Waals surface area contributed by atoms with Crippen molar-refractivity contribution < 1.29 is 4.74 Å². The van der Waals surface area contributed by atoms with Crippen molar-refractivity contribution in [1.82, 2.24) is 4.90 Å². The lowest BCUT2D eigenvalue weighted by molar-refractivity contribution is -0.0122. The number of hydrogen-bond acceptors (Lipinski definition) is 2. The van der Waals surface area contributed by atoms with Crippen molar-refractivity contribution in [2.45, 2.75) is 83.2 Å². The molecule has 1 aliphatic rings. The van der Waals surface area contributed by atoms with Crippen molar-refractivity contribution in [3.05, 3.63) is 84.4 Å². The van der Waals surface area contributed by atoms with Gasteiger partial charge >= 0.3 is 0 Å². The first-order valence-corrected chi connectivity index (χ1v) is 11.4. The summed E-state index contributed by atoms with van der Waals surface area (Å²) in [6.45, 7) is 8.03. The number of rotatable bonds is 11. The smallest absolute Gasteiger partial charge is 0.0720 e. The largest absolute Gasteiger partial charge is 0.373 e. The summed E-state index contributed by atoms with van der Waals surface area (Å²) >= 11 is 0. The highest BCUT2D eigenvalue weighted by Crippen LogP contribution is 2.31. The Morgan fingerprint density at radius 2 is 1.66 bits per heavy atom. The van der Waals surface area contributed by atoms with Crippen LogP contribution in [0.5, 0.6) is 0 Å². The van der Waals surface area contributed by atoms with E-state index in [1.807, 2.05) is 0 Å². The van der Waals surface area contributed by atoms with E-state index in [1.165, 1.54) is 36.8 Å². The van der Waals surface area contributed by atoms with Gasteiger partial charge in [0, 0.05) is 18.6 Å². The van der Waals surface area contributed by atoms with E-state index in [0.29, 0.717) is 24.8 Å². The van der Waals surface area contributed by atoms with Crippen LogP contribution in [0.25, 0.3) is 0 Å². The Kier molecular flexibility index (Phi) is 8.98. The topological polar surface area (TPSA) is 12.5 Å². The predicted octanol–water partition coefficient (Wildman–Crippen LogP) is 6.76. The summed E-state index contributed by atoms with van der Waals surface area (Å²) in [6, 6.07) is 22.7. The van der Waals surface area contributed by atoms with E-state index >= 15 is 0 Å². The van der Waals surface area contributed by atoms with Crippen LogP contribution >= 0.6 is 0 Å². The van der Waals surface area contributed by atoms with Crippen molar-refractivity contribution in [3.8, 4) is 0 Å². The minimum atomic E-state index is 0.325. The molecule has 0 radical (unpaired) electrons. The molecule has 0 saturated carbocycles. The van der Waals surface area contributed by atoms with Crippen LogP contribution in [0.2, 0.25) is 0 Å². The van der Waals surface area contributed by atoms with Gasteiger partial charge in [0.05, 0.1) is 12.7 Å². The molecule has 2 aromatic rings. The molecule has 0 N–H and O–H groups in total. The molecule has 156 valence electrons. The Morgan fingerprint density at radius 1 is 1.00 bits per heavy atom. The van der Waals surface area contributed by atoms with Crippen LogP contribution < -0.4 is 0 Å². The Bertz CT molecular complexity index is 699. The third-order valence-corrected chi connectivity index (χ3v) is 6.13. The molecular weight excluding hydrogens is 354 g/mol. The summed E-state index contributed by atoms with van der Waals surface area (Å²) in [5.41, 5.74) is 2.67. The second kappa shape index (κ2) is 11.9. The van der Waals surface area contributed by atoms with E-state index in [0.717, 1.165) is 25.8 Å². The molecular formula is C27H37NO. The van der Waals surface area contributed by atoms with Gasteiger partial charge in [-0.3, -0.25) is 4.90 Å². The molecule has 0 aliphatic carbocycles. The van der Waals surface area contributed by atoms with Gasteiger partial charge in [0.2, 0.25) is 0 Å². The molecule has 1 aliphatic heterocycles. The van der Waals surface area contributed by atoms with Crippen LogP contribution in [0.1, 0.15) is 63.0 Å². The maximum absolute atomic E-state index is 6.42. The molecule has 2 heteroatoms. The molecule has 2 aromatic carbocycles. The molecule has 1 saturated heterocycles. The molecule has 3 rings (SSSR count). The minimum absolute atomic E-state index is 0.325. The Balaban J connectivity index is 1.68. The van der Waals surface area contributed by atoms with Gasteiger partial charge in [0.25, 0.3) is 0 Å². The Hall–Kier alpha value is -1.90. The Morgan fingerprint density at radius 3 is 2.31 bits per heavy atom. The van der Waals surface area contributed by atoms with E-state index in [4.69, 9.17) is 4.74 Å². The van der Waals surface area contributed by atoms with E-state index in [2.05, 4.69) is 85.1 Å². The average Bonchev–Trinajstić information content (AvgIpc) is 2.76. The van der Waals surface area contributed by atoms with Crippen molar-refractivity contribution in [1.29, 1.82) is 0 Å². The lowest BCUT2D eigenvalue weighted by atomic mass is 9.89. The number of nitrogens with zero attached hydrogens (tertiary/aromatic N) is 1. The van der Waals surface area contributed by atoms with Crippen molar-refractivity contribution in [3.63, 3.8) is 0 Å². The predicted molar refractivity (Wildman–Crippen MR) is 123 cm³/mol. The summed E-state index contributed by atoms with van der Waals surface area (Å²) in [7, 11) is 0. The number of likely N-dealkylation sites (tertiary alicyclic amines) is 1. The second-order valence-electron chi connectivity index (χ2n) is 8.36. The number of benzene rings is 2. The summed E-state index contributed by atoms with van der Waals surface area (Å²) in [4.78, 5) is 2.75. The molecule has 1 heterocycles. The first-order chi connectivity index (χ1) is 14.3. The summed E-state index contributed by atoms with van der Waals surface area (Å²) in [5, 5.41) is 0. The number of piperidine rings is 1. The normalized spacial score (nSPS) is 21.0. The quantitative estimate of drug-likeness (QED) is 0.392. The first-order valence-electron chi connectivity index (χ1n) is 11.4. The maximum atomic E-state index is 6.42. The third-order valence-electron chi connectivity index (χ3n) is 6.13. The molecule has 0 amide bonds. The lowest BCUT2D eigenvalue weighted by Gasteiger charge is -2.43.